The fourth-order valence-electron chi connectivity index (χ4n) is 1.07. The third-order valence-electron chi connectivity index (χ3n) is 1.78. The minimum Gasteiger partial charge on any atom is -0.436 e. The molecule has 7 heteroatoms. The molecule has 0 aromatic carbocycles. The highest BCUT2D eigenvalue weighted by atomic mass is 35.5. The summed E-state index contributed by atoms with van der Waals surface area (Å²) in [6.45, 7) is 0. The van der Waals surface area contributed by atoms with Crippen LogP contribution in [0.25, 0.3) is 0 Å². The summed E-state index contributed by atoms with van der Waals surface area (Å²) in [5.74, 6) is 0.795. The summed E-state index contributed by atoms with van der Waals surface area (Å²) in [7, 11) is 0. The first-order chi connectivity index (χ1) is 8.15. The van der Waals surface area contributed by atoms with Gasteiger partial charge in [0.15, 0.2) is 0 Å². The van der Waals surface area contributed by atoms with E-state index in [2.05, 4.69) is 15.0 Å². The van der Waals surface area contributed by atoms with E-state index in [-0.39, 0.29) is 4.99 Å². The molecule has 2 N–H and O–H groups in total. The Morgan fingerprint density at radius 1 is 1.24 bits per heavy atom. The highest BCUT2D eigenvalue weighted by molar-refractivity contribution is 7.80. The Kier molecular flexibility index (Phi) is 3.46. The normalized spacial score (nSPS) is 9.94. The number of halogens is 1. The van der Waals surface area contributed by atoms with Gasteiger partial charge in [0.1, 0.15) is 16.4 Å². The predicted molar refractivity (Wildman–Crippen MR) is 67.2 cm³/mol. The molecule has 0 spiro atoms. The lowest BCUT2D eigenvalue weighted by atomic mass is 10.4. The van der Waals surface area contributed by atoms with Crippen molar-refractivity contribution in [2.24, 2.45) is 5.73 Å². The SMILES string of the molecule is NC(=S)c1cnc(Oc2cncc(Cl)c2)cn1. The van der Waals surface area contributed by atoms with Gasteiger partial charge in [-0.2, -0.15) is 0 Å². The van der Waals surface area contributed by atoms with E-state index in [1.165, 1.54) is 24.8 Å². The number of ether oxygens (including phenoxy) is 1. The Morgan fingerprint density at radius 2 is 2.06 bits per heavy atom. The minimum atomic E-state index is 0.188. The second-order valence-corrected chi connectivity index (χ2v) is 3.92. The smallest absolute Gasteiger partial charge is 0.237 e. The van der Waals surface area contributed by atoms with Crippen molar-refractivity contribution in [3.8, 4) is 11.6 Å². The molecule has 0 bridgehead atoms. The topological polar surface area (TPSA) is 73.9 Å². The Hall–Kier alpha value is -1.79. The van der Waals surface area contributed by atoms with Crippen molar-refractivity contribution in [2.45, 2.75) is 0 Å². The minimum absolute atomic E-state index is 0.188. The van der Waals surface area contributed by atoms with Crippen molar-refractivity contribution in [1.29, 1.82) is 0 Å². The van der Waals surface area contributed by atoms with E-state index in [1.54, 1.807) is 6.07 Å². The Balaban J connectivity index is 2.16. The first-order valence-corrected chi connectivity index (χ1v) is 5.34. The van der Waals surface area contributed by atoms with Crippen LogP contribution in [-0.2, 0) is 0 Å². The van der Waals surface area contributed by atoms with Gasteiger partial charge in [0.2, 0.25) is 5.88 Å². The van der Waals surface area contributed by atoms with Crippen molar-refractivity contribution in [3.63, 3.8) is 0 Å². The van der Waals surface area contributed by atoms with E-state index in [0.29, 0.717) is 22.3 Å². The van der Waals surface area contributed by atoms with Crippen LogP contribution >= 0.6 is 23.8 Å². The van der Waals surface area contributed by atoms with Crippen LogP contribution < -0.4 is 10.5 Å². The van der Waals surface area contributed by atoms with E-state index in [1.807, 2.05) is 0 Å². The lowest BCUT2D eigenvalue weighted by Crippen LogP contribution is -2.11. The monoisotopic (exact) mass is 266 g/mol. The maximum Gasteiger partial charge on any atom is 0.237 e. The van der Waals surface area contributed by atoms with Crippen LogP contribution in [0.3, 0.4) is 0 Å². The number of hydrogen-bond donors (Lipinski definition) is 1. The third kappa shape index (κ3) is 3.08. The number of pyridine rings is 1. The average molecular weight is 267 g/mol. The van der Waals surface area contributed by atoms with Crippen LogP contribution in [0, 0.1) is 0 Å². The van der Waals surface area contributed by atoms with E-state index in [4.69, 9.17) is 34.3 Å². The molecule has 2 heterocycles. The highest BCUT2D eigenvalue weighted by Gasteiger charge is 2.02. The van der Waals surface area contributed by atoms with Crippen LogP contribution in [0.2, 0.25) is 5.02 Å². The van der Waals surface area contributed by atoms with E-state index in [9.17, 15) is 0 Å². The van der Waals surface area contributed by atoms with Gasteiger partial charge in [-0.05, 0) is 0 Å². The van der Waals surface area contributed by atoms with Crippen molar-refractivity contribution in [2.75, 3.05) is 0 Å². The number of nitrogens with zero attached hydrogens (tertiary/aromatic N) is 3. The fraction of sp³-hybridized carbons (Fsp3) is 0. The lowest BCUT2D eigenvalue weighted by molar-refractivity contribution is 0.458. The molecule has 0 saturated heterocycles. The van der Waals surface area contributed by atoms with Crippen LogP contribution in [-0.4, -0.2) is 19.9 Å². The molecule has 2 rings (SSSR count). The number of hydrogen-bond acceptors (Lipinski definition) is 5. The van der Waals surface area contributed by atoms with Crippen LogP contribution in [0.15, 0.2) is 30.9 Å². The number of rotatable bonds is 3. The van der Waals surface area contributed by atoms with E-state index >= 15 is 0 Å². The molecule has 0 amide bonds. The second kappa shape index (κ2) is 5.03. The van der Waals surface area contributed by atoms with Crippen LogP contribution in [0.4, 0.5) is 0 Å². The van der Waals surface area contributed by atoms with Crippen molar-refractivity contribution < 1.29 is 4.74 Å². The van der Waals surface area contributed by atoms with Gasteiger partial charge in [-0.1, -0.05) is 23.8 Å². The molecule has 0 saturated carbocycles. The van der Waals surface area contributed by atoms with E-state index < -0.39 is 0 Å². The molecule has 0 atom stereocenters. The van der Waals surface area contributed by atoms with Crippen LogP contribution in [0.5, 0.6) is 11.6 Å². The van der Waals surface area contributed by atoms with Crippen LogP contribution in [0.1, 0.15) is 5.69 Å². The number of thiocarbonyl (C=S) groups is 1. The average Bonchev–Trinajstić information content (AvgIpc) is 2.29. The molecular formula is C10H7ClN4OS. The summed E-state index contributed by atoms with van der Waals surface area (Å²) in [5.41, 5.74) is 5.84. The molecule has 17 heavy (non-hydrogen) atoms. The summed E-state index contributed by atoms with van der Waals surface area (Å²) < 4.78 is 5.39. The Morgan fingerprint density at radius 3 is 2.65 bits per heavy atom. The molecule has 86 valence electrons. The number of nitrogens with two attached hydrogens (primary N) is 1. The van der Waals surface area contributed by atoms with Gasteiger partial charge in [0.05, 0.1) is 23.6 Å². The zero-order chi connectivity index (χ0) is 12.3. The largest absolute Gasteiger partial charge is 0.436 e. The van der Waals surface area contributed by atoms with Gasteiger partial charge in [-0.3, -0.25) is 4.98 Å². The standard InChI is InChI=1S/C10H7ClN4OS/c11-6-1-7(3-13-2-6)16-9-5-14-8(4-15-9)10(12)17/h1-5H,(H2,12,17). The molecule has 0 aliphatic heterocycles. The van der Waals surface area contributed by atoms with Crippen molar-refractivity contribution in [1.82, 2.24) is 15.0 Å². The van der Waals surface area contributed by atoms with Crippen molar-refractivity contribution >= 4 is 28.8 Å². The lowest BCUT2D eigenvalue weighted by Gasteiger charge is -2.04. The molecule has 0 unspecified atom stereocenters. The maximum atomic E-state index is 5.77. The summed E-state index contributed by atoms with van der Waals surface area (Å²) in [4.78, 5) is 12.1. The van der Waals surface area contributed by atoms with Gasteiger partial charge >= 0.3 is 0 Å². The van der Waals surface area contributed by atoms with Gasteiger partial charge in [-0.15, -0.1) is 0 Å². The van der Waals surface area contributed by atoms with E-state index in [0.717, 1.165) is 0 Å². The predicted octanol–water partition coefficient (Wildman–Crippen LogP) is 1.95. The number of aromatic nitrogens is 3. The molecule has 5 nitrogen and oxygen atoms in total. The van der Waals surface area contributed by atoms with Gasteiger partial charge in [-0.25, -0.2) is 9.97 Å². The summed E-state index contributed by atoms with van der Waals surface area (Å²) in [6, 6.07) is 1.62. The van der Waals surface area contributed by atoms with Crippen molar-refractivity contribution in [3.05, 3.63) is 41.6 Å². The quantitative estimate of drug-likeness (QED) is 0.856. The fourth-order valence-corrected chi connectivity index (χ4v) is 1.33. The molecule has 0 aliphatic rings. The summed E-state index contributed by atoms with van der Waals surface area (Å²) >= 11 is 10.5. The Bertz CT molecular complexity index is 546. The zero-order valence-electron chi connectivity index (χ0n) is 8.50. The molecule has 2 aromatic rings. The van der Waals surface area contributed by atoms with Gasteiger partial charge in [0, 0.05) is 12.3 Å². The third-order valence-corrected chi connectivity index (χ3v) is 2.20. The van der Waals surface area contributed by atoms with Gasteiger partial charge < -0.3 is 10.5 Å². The Labute approximate surface area is 108 Å². The molecule has 0 radical (unpaired) electrons. The summed E-state index contributed by atoms with van der Waals surface area (Å²) in [5, 5.41) is 0.482. The maximum absolute atomic E-state index is 5.77. The molecular weight excluding hydrogens is 260 g/mol. The molecule has 0 fully saturated rings. The highest BCUT2D eigenvalue weighted by Crippen LogP contribution is 2.20. The first kappa shape index (κ1) is 11.7. The molecule has 0 aliphatic carbocycles. The van der Waals surface area contributed by atoms with Gasteiger partial charge in [0.25, 0.3) is 0 Å². The first-order valence-electron chi connectivity index (χ1n) is 4.55. The zero-order valence-corrected chi connectivity index (χ0v) is 10.1. The second-order valence-electron chi connectivity index (χ2n) is 3.05. The molecule has 2 aromatic heterocycles. The summed E-state index contributed by atoms with van der Waals surface area (Å²) in [6.07, 6.45) is 5.90.